The van der Waals surface area contributed by atoms with Crippen molar-refractivity contribution in [1.82, 2.24) is 14.5 Å². The van der Waals surface area contributed by atoms with E-state index >= 15 is 0 Å². The summed E-state index contributed by atoms with van der Waals surface area (Å²) in [5, 5.41) is 0. The van der Waals surface area contributed by atoms with Crippen molar-refractivity contribution in [3.05, 3.63) is 48.5 Å². The van der Waals surface area contributed by atoms with Gasteiger partial charge in [0.05, 0.1) is 6.33 Å². The SMILES string of the molecule is CSc1ccc(CCCN2CCCCC2CCn2ccnc2)cc1. The molecule has 0 bridgehead atoms. The average molecular weight is 344 g/mol. The molecule has 3 nitrogen and oxygen atoms in total. The van der Waals surface area contributed by atoms with Crippen LogP contribution in [0.15, 0.2) is 47.9 Å². The zero-order chi connectivity index (χ0) is 16.6. The largest absolute Gasteiger partial charge is 0.337 e. The second-order valence-electron chi connectivity index (χ2n) is 6.73. The molecule has 1 saturated heterocycles. The highest BCUT2D eigenvalue weighted by Crippen LogP contribution is 2.21. The quantitative estimate of drug-likeness (QED) is 0.659. The Labute approximate surface area is 150 Å². The Morgan fingerprint density at radius 3 is 2.79 bits per heavy atom. The van der Waals surface area contributed by atoms with Crippen LogP contribution in [0.3, 0.4) is 0 Å². The molecule has 0 amide bonds. The van der Waals surface area contributed by atoms with Crippen molar-refractivity contribution in [2.45, 2.75) is 56.0 Å². The first kappa shape index (κ1) is 17.6. The molecule has 0 spiro atoms. The van der Waals surface area contributed by atoms with E-state index in [9.17, 15) is 0 Å². The van der Waals surface area contributed by atoms with Gasteiger partial charge in [-0.15, -0.1) is 11.8 Å². The summed E-state index contributed by atoms with van der Waals surface area (Å²) in [5.74, 6) is 0. The first-order valence-corrected chi connectivity index (χ1v) is 10.4. The predicted molar refractivity (Wildman–Crippen MR) is 103 cm³/mol. The minimum Gasteiger partial charge on any atom is -0.337 e. The third-order valence-electron chi connectivity index (χ3n) is 5.10. The number of benzene rings is 1. The molecule has 24 heavy (non-hydrogen) atoms. The molecule has 1 aliphatic rings. The fraction of sp³-hybridized carbons (Fsp3) is 0.550. The second kappa shape index (κ2) is 9.28. The van der Waals surface area contributed by atoms with Crippen molar-refractivity contribution < 1.29 is 0 Å². The number of imidazole rings is 1. The molecule has 3 rings (SSSR count). The zero-order valence-electron chi connectivity index (χ0n) is 14.7. The lowest BCUT2D eigenvalue weighted by atomic mass is 9.98. The van der Waals surface area contributed by atoms with Crippen LogP contribution in [0.4, 0.5) is 0 Å². The van der Waals surface area contributed by atoms with Gasteiger partial charge in [-0.1, -0.05) is 18.6 Å². The molecule has 0 N–H and O–H groups in total. The topological polar surface area (TPSA) is 21.1 Å². The van der Waals surface area contributed by atoms with E-state index in [-0.39, 0.29) is 0 Å². The highest BCUT2D eigenvalue weighted by atomic mass is 32.2. The Kier molecular flexibility index (Phi) is 6.79. The Balaban J connectivity index is 1.44. The predicted octanol–water partition coefficient (Wildman–Crippen LogP) is 4.48. The summed E-state index contributed by atoms with van der Waals surface area (Å²) < 4.78 is 2.21. The normalized spacial score (nSPS) is 18.8. The van der Waals surface area contributed by atoms with Gasteiger partial charge in [-0.25, -0.2) is 4.98 Å². The maximum absolute atomic E-state index is 4.15. The van der Waals surface area contributed by atoms with Gasteiger partial charge >= 0.3 is 0 Å². The summed E-state index contributed by atoms with van der Waals surface area (Å²) in [6, 6.07) is 9.82. The van der Waals surface area contributed by atoms with Gasteiger partial charge in [-0.2, -0.15) is 0 Å². The molecule has 0 radical (unpaired) electrons. The smallest absolute Gasteiger partial charge is 0.0945 e. The maximum atomic E-state index is 4.15. The summed E-state index contributed by atoms with van der Waals surface area (Å²) in [4.78, 5) is 8.24. The van der Waals surface area contributed by atoms with Crippen molar-refractivity contribution in [3.8, 4) is 0 Å². The van der Waals surface area contributed by atoms with Crippen LogP contribution in [0.25, 0.3) is 0 Å². The van der Waals surface area contributed by atoms with Crippen LogP contribution in [0.2, 0.25) is 0 Å². The Morgan fingerprint density at radius 2 is 2.04 bits per heavy atom. The molecular weight excluding hydrogens is 314 g/mol. The van der Waals surface area contributed by atoms with Gasteiger partial charge in [-0.05, 0) is 69.1 Å². The van der Waals surface area contributed by atoms with E-state index in [1.165, 1.54) is 62.1 Å². The lowest BCUT2D eigenvalue weighted by Gasteiger charge is -2.36. The van der Waals surface area contributed by atoms with E-state index in [4.69, 9.17) is 0 Å². The fourth-order valence-electron chi connectivity index (χ4n) is 3.68. The molecule has 0 aliphatic carbocycles. The van der Waals surface area contributed by atoms with Crippen molar-refractivity contribution in [2.75, 3.05) is 19.3 Å². The molecule has 0 saturated carbocycles. The van der Waals surface area contributed by atoms with Crippen molar-refractivity contribution in [2.24, 2.45) is 0 Å². The number of nitrogens with zero attached hydrogens (tertiary/aromatic N) is 3. The van der Waals surface area contributed by atoms with Crippen LogP contribution in [0.1, 0.15) is 37.7 Å². The van der Waals surface area contributed by atoms with Gasteiger partial charge in [0, 0.05) is 29.9 Å². The molecule has 1 unspecified atom stereocenters. The third-order valence-corrected chi connectivity index (χ3v) is 5.84. The summed E-state index contributed by atoms with van der Waals surface area (Å²) in [7, 11) is 0. The molecule has 1 aromatic heterocycles. The van der Waals surface area contributed by atoms with Crippen molar-refractivity contribution >= 4 is 11.8 Å². The van der Waals surface area contributed by atoms with E-state index in [2.05, 4.69) is 51.2 Å². The molecular formula is C20H29N3S. The number of hydrogen-bond acceptors (Lipinski definition) is 3. The van der Waals surface area contributed by atoms with Crippen molar-refractivity contribution in [1.29, 1.82) is 0 Å². The summed E-state index contributed by atoms with van der Waals surface area (Å²) in [5.41, 5.74) is 1.47. The Hall–Kier alpha value is -1.26. The van der Waals surface area contributed by atoms with Gasteiger partial charge in [0.1, 0.15) is 0 Å². The summed E-state index contributed by atoms with van der Waals surface area (Å²) in [6.07, 6.45) is 15.8. The lowest BCUT2D eigenvalue weighted by molar-refractivity contribution is 0.134. The first-order chi connectivity index (χ1) is 11.8. The van der Waals surface area contributed by atoms with Crippen LogP contribution < -0.4 is 0 Å². The number of rotatable bonds is 8. The van der Waals surface area contributed by atoms with Crippen LogP contribution in [-0.2, 0) is 13.0 Å². The average Bonchev–Trinajstić information content (AvgIpc) is 3.15. The molecule has 1 atom stereocenters. The van der Waals surface area contributed by atoms with Gasteiger partial charge in [0.15, 0.2) is 0 Å². The third kappa shape index (κ3) is 5.12. The number of likely N-dealkylation sites (tertiary alicyclic amines) is 1. The second-order valence-corrected chi connectivity index (χ2v) is 7.61. The highest BCUT2D eigenvalue weighted by Gasteiger charge is 2.21. The molecule has 1 aliphatic heterocycles. The van der Waals surface area contributed by atoms with E-state index in [0.29, 0.717) is 0 Å². The molecule has 130 valence electrons. The van der Waals surface area contributed by atoms with Gasteiger partial charge < -0.3 is 9.47 Å². The molecule has 2 aromatic rings. The van der Waals surface area contributed by atoms with E-state index in [1.54, 1.807) is 0 Å². The number of aromatic nitrogens is 2. The Bertz CT molecular complexity index is 579. The first-order valence-electron chi connectivity index (χ1n) is 9.18. The van der Waals surface area contributed by atoms with Crippen LogP contribution in [0.5, 0.6) is 0 Å². The monoisotopic (exact) mass is 343 g/mol. The fourth-order valence-corrected chi connectivity index (χ4v) is 4.09. The Morgan fingerprint density at radius 1 is 1.17 bits per heavy atom. The number of thioether (sulfide) groups is 1. The molecule has 2 heterocycles. The van der Waals surface area contributed by atoms with Crippen LogP contribution in [0, 0.1) is 0 Å². The molecule has 1 aromatic carbocycles. The maximum Gasteiger partial charge on any atom is 0.0945 e. The molecule has 4 heteroatoms. The number of aryl methyl sites for hydroxylation is 2. The number of piperidine rings is 1. The lowest BCUT2D eigenvalue weighted by Crippen LogP contribution is -2.40. The van der Waals surface area contributed by atoms with E-state index in [0.717, 1.165) is 12.6 Å². The zero-order valence-corrected chi connectivity index (χ0v) is 15.5. The van der Waals surface area contributed by atoms with E-state index < -0.39 is 0 Å². The minimum atomic E-state index is 0.750. The standard InChI is InChI=1S/C20H29N3S/c1-24-20-9-7-18(8-10-20)5-4-14-23-13-3-2-6-19(23)11-15-22-16-12-21-17-22/h7-10,12,16-17,19H,2-6,11,13-15H2,1H3. The minimum absolute atomic E-state index is 0.750. The van der Waals surface area contributed by atoms with Gasteiger partial charge in [-0.3, -0.25) is 0 Å². The summed E-state index contributed by atoms with van der Waals surface area (Å²) >= 11 is 1.81. The number of hydrogen-bond donors (Lipinski definition) is 0. The van der Waals surface area contributed by atoms with Crippen molar-refractivity contribution in [3.63, 3.8) is 0 Å². The van der Waals surface area contributed by atoms with Gasteiger partial charge in [0.25, 0.3) is 0 Å². The van der Waals surface area contributed by atoms with E-state index in [1.807, 2.05) is 24.3 Å². The van der Waals surface area contributed by atoms with Gasteiger partial charge in [0.2, 0.25) is 0 Å². The summed E-state index contributed by atoms with van der Waals surface area (Å²) in [6.45, 7) is 3.61. The highest BCUT2D eigenvalue weighted by molar-refractivity contribution is 7.98. The van der Waals surface area contributed by atoms with Crippen LogP contribution >= 0.6 is 11.8 Å². The molecule has 1 fully saturated rings. The van der Waals surface area contributed by atoms with Crippen LogP contribution in [-0.4, -0.2) is 39.8 Å².